The van der Waals surface area contributed by atoms with Crippen molar-refractivity contribution in [1.29, 1.82) is 0 Å². The molecule has 1 aliphatic heterocycles. The molecule has 0 aliphatic carbocycles. The summed E-state index contributed by atoms with van der Waals surface area (Å²) < 4.78 is 27.5. The first kappa shape index (κ1) is 12.5. The number of nitrogens with zero attached hydrogens (tertiary/aromatic N) is 3. The number of likely N-dealkylation sites (N-methyl/N-ethyl adjacent to an activating group) is 1. The maximum atomic E-state index is 12.2. The van der Waals surface area contributed by atoms with E-state index in [1.807, 2.05) is 7.05 Å². The maximum absolute atomic E-state index is 12.2. The van der Waals surface area contributed by atoms with E-state index < -0.39 is 10.0 Å². The molecule has 1 aromatic rings. The van der Waals surface area contributed by atoms with Gasteiger partial charge in [-0.15, -0.1) is 0 Å². The van der Waals surface area contributed by atoms with Gasteiger partial charge in [0.15, 0.2) is 0 Å². The van der Waals surface area contributed by atoms with Crippen LogP contribution in [-0.4, -0.2) is 49.2 Å². The molecule has 96 valence electrons. The van der Waals surface area contributed by atoms with Crippen molar-refractivity contribution in [1.82, 2.24) is 19.4 Å². The Morgan fingerprint density at radius 3 is 2.76 bits per heavy atom. The minimum atomic E-state index is -3.31. The third-order valence-corrected chi connectivity index (χ3v) is 4.75. The topological polar surface area (TPSA) is 67.2 Å². The lowest BCUT2D eigenvalue weighted by atomic mass is 10.4. The van der Waals surface area contributed by atoms with Gasteiger partial charge in [-0.2, -0.15) is 9.40 Å². The molecule has 0 unspecified atom stereocenters. The standard InChI is InChI=1S/C10H18N4O2S/c1-11-4-7-13-9-10(8-12-13)17(15,16)14-5-2-3-6-14/h8-9,11H,2-7H2,1H3. The van der Waals surface area contributed by atoms with Crippen LogP contribution < -0.4 is 5.32 Å². The van der Waals surface area contributed by atoms with Gasteiger partial charge >= 0.3 is 0 Å². The molecule has 2 heterocycles. The van der Waals surface area contributed by atoms with Crippen molar-refractivity contribution in [2.24, 2.45) is 0 Å². The molecule has 2 rings (SSSR count). The predicted octanol–water partition coefficient (Wildman–Crippen LogP) is -0.113. The van der Waals surface area contributed by atoms with E-state index >= 15 is 0 Å². The predicted molar refractivity (Wildman–Crippen MR) is 64.1 cm³/mol. The van der Waals surface area contributed by atoms with Gasteiger partial charge in [0.25, 0.3) is 0 Å². The molecule has 17 heavy (non-hydrogen) atoms. The zero-order valence-electron chi connectivity index (χ0n) is 9.96. The van der Waals surface area contributed by atoms with Gasteiger partial charge in [0.1, 0.15) is 4.90 Å². The summed E-state index contributed by atoms with van der Waals surface area (Å²) in [6.07, 6.45) is 4.94. The summed E-state index contributed by atoms with van der Waals surface area (Å²) in [6, 6.07) is 0. The lowest BCUT2D eigenvalue weighted by Gasteiger charge is -2.13. The van der Waals surface area contributed by atoms with Crippen molar-refractivity contribution in [3.05, 3.63) is 12.4 Å². The molecule has 0 bridgehead atoms. The molecule has 1 saturated heterocycles. The molecular formula is C10H18N4O2S. The van der Waals surface area contributed by atoms with E-state index in [4.69, 9.17) is 0 Å². The highest BCUT2D eigenvalue weighted by Gasteiger charge is 2.28. The fraction of sp³-hybridized carbons (Fsp3) is 0.700. The molecule has 0 atom stereocenters. The highest BCUT2D eigenvalue weighted by Crippen LogP contribution is 2.19. The van der Waals surface area contributed by atoms with E-state index in [-0.39, 0.29) is 0 Å². The van der Waals surface area contributed by atoms with Crippen molar-refractivity contribution in [2.75, 3.05) is 26.7 Å². The van der Waals surface area contributed by atoms with Crippen molar-refractivity contribution in [3.8, 4) is 0 Å². The Balaban J connectivity index is 2.13. The van der Waals surface area contributed by atoms with E-state index in [1.54, 1.807) is 10.9 Å². The average molecular weight is 258 g/mol. The van der Waals surface area contributed by atoms with E-state index in [2.05, 4.69) is 10.4 Å². The Bertz CT molecular complexity index is 462. The zero-order chi connectivity index (χ0) is 12.3. The number of hydrogen-bond acceptors (Lipinski definition) is 4. The molecule has 1 N–H and O–H groups in total. The van der Waals surface area contributed by atoms with Crippen LogP contribution in [-0.2, 0) is 16.6 Å². The highest BCUT2D eigenvalue weighted by molar-refractivity contribution is 7.89. The molecule has 1 fully saturated rings. The molecule has 0 amide bonds. The lowest BCUT2D eigenvalue weighted by Crippen LogP contribution is -2.27. The molecular weight excluding hydrogens is 240 g/mol. The van der Waals surface area contributed by atoms with Gasteiger partial charge in [-0.3, -0.25) is 4.68 Å². The van der Waals surface area contributed by atoms with Crippen LogP contribution in [0.2, 0.25) is 0 Å². The molecule has 1 aromatic heterocycles. The Kier molecular flexibility index (Phi) is 3.80. The largest absolute Gasteiger partial charge is 0.318 e. The fourth-order valence-corrected chi connectivity index (χ4v) is 3.38. The van der Waals surface area contributed by atoms with Crippen molar-refractivity contribution in [2.45, 2.75) is 24.3 Å². The van der Waals surface area contributed by atoms with Crippen molar-refractivity contribution >= 4 is 10.0 Å². The summed E-state index contributed by atoms with van der Waals surface area (Å²) in [5.41, 5.74) is 0. The van der Waals surface area contributed by atoms with Crippen LogP contribution in [0.1, 0.15) is 12.8 Å². The highest BCUT2D eigenvalue weighted by atomic mass is 32.2. The summed E-state index contributed by atoms with van der Waals surface area (Å²) in [7, 11) is -1.46. The molecule has 7 heteroatoms. The molecule has 0 aromatic carbocycles. The molecule has 0 radical (unpaired) electrons. The second-order valence-electron chi connectivity index (χ2n) is 4.15. The van der Waals surface area contributed by atoms with Crippen LogP contribution in [0.4, 0.5) is 0 Å². The first-order chi connectivity index (χ1) is 8.14. The third kappa shape index (κ3) is 2.67. The average Bonchev–Trinajstić information content (AvgIpc) is 2.97. The minimum absolute atomic E-state index is 0.301. The normalized spacial score (nSPS) is 17.7. The molecule has 0 spiro atoms. The van der Waals surface area contributed by atoms with Gasteiger partial charge in [0.2, 0.25) is 10.0 Å². The van der Waals surface area contributed by atoms with Crippen LogP contribution in [0.15, 0.2) is 17.3 Å². The Morgan fingerprint density at radius 2 is 2.12 bits per heavy atom. The SMILES string of the molecule is CNCCn1cc(S(=O)(=O)N2CCCC2)cn1. The van der Waals surface area contributed by atoms with Crippen LogP contribution >= 0.6 is 0 Å². The first-order valence-corrected chi connectivity index (χ1v) is 7.26. The zero-order valence-corrected chi connectivity index (χ0v) is 10.8. The van der Waals surface area contributed by atoms with Gasteiger partial charge in [-0.05, 0) is 19.9 Å². The number of nitrogens with one attached hydrogen (secondary N) is 1. The number of rotatable bonds is 5. The molecule has 1 aliphatic rings. The first-order valence-electron chi connectivity index (χ1n) is 5.82. The summed E-state index contributed by atoms with van der Waals surface area (Å²) >= 11 is 0. The quantitative estimate of drug-likeness (QED) is 0.800. The number of sulfonamides is 1. The molecule has 0 saturated carbocycles. The van der Waals surface area contributed by atoms with Crippen molar-refractivity contribution in [3.63, 3.8) is 0 Å². The maximum Gasteiger partial charge on any atom is 0.246 e. The van der Waals surface area contributed by atoms with Crippen LogP contribution in [0.25, 0.3) is 0 Å². The fourth-order valence-electron chi connectivity index (χ4n) is 1.90. The Hall–Kier alpha value is -0.920. The molecule has 6 nitrogen and oxygen atoms in total. The van der Waals surface area contributed by atoms with E-state index in [0.717, 1.165) is 19.4 Å². The summed E-state index contributed by atoms with van der Waals surface area (Å²) in [4.78, 5) is 0.301. The lowest BCUT2D eigenvalue weighted by molar-refractivity contribution is 0.477. The van der Waals surface area contributed by atoms with Crippen molar-refractivity contribution < 1.29 is 8.42 Å². The summed E-state index contributed by atoms with van der Waals surface area (Å²) in [5, 5.41) is 7.06. The summed E-state index contributed by atoms with van der Waals surface area (Å²) in [6.45, 7) is 2.70. The van der Waals surface area contributed by atoms with Gasteiger partial charge < -0.3 is 5.32 Å². The second-order valence-corrected chi connectivity index (χ2v) is 6.09. The third-order valence-electron chi connectivity index (χ3n) is 2.90. The second kappa shape index (κ2) is 5.16. The monoisotopic (exact) mass is 258 g/mol. The van der Waals surface area contributed by atoms with Gasteiger partial charge in [-0.1, -0.05) is 0 Å². The van der Waals surface area contributed by atoms with Crippen LogP contribution in [0.5, 0.6) is 0 Å². The Labute approximate surface area is 102 Å². The number of aromatic nitrogens is 2. The van der Waals surface area contributed by atoms with Gasteiger partial charge in [-0.25, -0.2) is 8.42 Å². The van der Waals surface area contributed by atoms with Crippen LogP contribution in [0, 0.1) is 0 Å². The Morgan fingerprint density at radius 1 is 1.41 bits per heavy atom. The minimum Gasteiger partial charge on any atom is -0.318 e. The van der Waals surface area contributed by atoms with E-state index in [0.29, 0.717) is 24.5 Å². The smallest absolute Gasteiger partial charge is 0.246 e. The van der Waals surface area contributed by atoms with Gasteiger partial charge in [0.05, 0.1) is 12.7 Å². The van der Waals surface area contributed by atoms with E-state index in [9.17, 15) is 8.42 Å². The van der Waals surface area contributed by atoms with E-state index in [1.165, 1.54) is 10.5 Å². The van der Waals surface area contributed by atoms with Gasteiger partial charge in [0, 0.05) is 25.8 Å². The number of hydrogen-bond donors (Lipinski definition) is 1. The summed E-state index contributed by atoms with van der Waals surface area (Å²) in [5.74, 6) is 0. The van der Waals surface area contributed by atoms with Crippen LogP contribution in [0.3, 0.4) is 0 Å².